The van der Waals surface area contributed by atoms with E-state index in [4.69, 9.17) is 10.2 Å². The molecule has 4 heteroatoms. The standard InChI is InChI=1S/C11H16O4/c1-8(6-10(12)13)4-3-5-9(2)7-11(14)15/h4,7H,3,5-6H2,1-2H3,(H,12,13)(H,14,15)/b8-4+,9-7+. The summed E-state index contributed by atoms with van der Waals surface area (Å²) in [5, 5.41) is 16.9. The van der Waals surface area contributed by atoms with Crippen LogP contribution in [-0.2, 0) is 9.59 Å². The number of hydrogen-bond donors (Lipinski definition) is 2. The fraction of sp³-hybridized carbons (Fsp3) is 0.455. The van der Waals surface area contributed by atoms with Crippen molar-refractivity contribution >= 4 is 11.9 Å². The van der Waals surface area contributed by atoms with E-state index in [1.807, 2.05) is 6.08 Å². The molecule has 4 nitrogen and oxygen atoms in total. The van der Waals surface area contributed by atoms with E-state index in [1.54, 1.807) is 13.8 Å². The first-order valence-corrected chi connectivity index (χ1v) is 4.69. The van der Waals surface area contributed by atoms with Crippen LogP contribution in [0.25, 0.3) is 0 Å². The van der Waals surface area contributed by atoms with E-state index in [2.05, 4.69) is 0 Å². The molecular weight excluding hydrogens is 196 g/mol. The van der Waals surface area contributed by atoms with E-state index in [0.717, 1.165) is 11.1 Å². The fourth-order valence-corrected chi connectivity index (χ4v) is 1.14. The van der Waals surface area contributed by atoms with E-state index < -0.39 is 11.9 Å². The van der Waals surface area contributed by atoms with E-state index in [9.17, 15) is 9.59 Å². The largest absolute Gasteiger partial charge is 0.481 e. The average Bonchev–Trinajstić information content (AvgIpc) is 2.00. The molecule has 0 radical (unpaired) electrons. The number of carboxylic acid groups (broad SMARTS) is 2. The van der Waals surface area contributed by atoms with Crippen molar-refractivity contribution in [1.29, 1.82) is 0 Å². The van der Waals surface area contributed by atoms with Crippen LogP contribution in [0.2, 0.25) is 0 Å². The molecule has 0 heterocycles. The highest BCUT2D eigenvalue weighted by atomic mass is 16.4. The van der Waals surface area contributed by atoms with Gasteiger partial charge in [-0.2, -0.15) is 0 Å². The third-order valence-electron chi connectivity index (χ3n) is 1.83. The van der Waals surface area contributed by atoms with Crippen LogP contribution in [0.15, 0.2) is 23.3 Å². The van der Waals surface area contributed by atoms with Crippen LogP contribution >= 0.6 is 0 Å². The summed E-state index contributed by atoms with van der Waals surface area (Å²) in [4.78, 5) is 20.6. The predicted octanol–water partition coefficient (Wildman–Crippen LogP) is 2.22. The summed E-state index contributed by atoms with van der Waals surface area (Å²) in [6.45, 7) is 3.50. The maximum Gasteiger partial charge on any atom is 0.328 e. The molecule has 0 aliphatic rings. The lowest BCUT2D eigenvalue weighted by atomic mass is 10.1. The molecule has 0 aromatic carbocycles. The lowest BCUT2D eigenvalue weighted by Gasteiger charge is -1.98. The molecule has 84 valence electrons. The first kappa shape index (κ1) is 13.4. The van der Waals surface area contributed by atoms with Crippen molar-refractivity contribution in [3.05, 3.63) is 23.3 Å². The summed E-state index contributed by atoms with van der Waals surface area (Å²) in [5.41, 5.74) is 1.58. The second-order valence-electron chi connectivity index (χ2n) is 3.49. The van der Waals surface area contributed by atoms with Crippen LogP contribution in [0.1, 0.15) is 33.1 Å². The minimum Gasteiger partial charge on any atom is -0.481 e. The summed E-state index contributed by atoms with van der Waals surface area (Å²) in [5.74, 6) is -1.79. The lowest BCUT2D eigenvalue weighted by Crippen LogP contribution is -1.94. The molecule has 0 aliphatic heterocycles. The topological polar surface area (TPSA) is 74.6 Å². The normalized spacial score (nSPS) is 12.7. The van der Waals surface area contributed by atoms with Crippen molar-refractivity contribution in [2.75, 3.05) is 0 Å². The molecule has 0 unspecified atom stereocenters. The van der Waals surface area contributed by atoms with Gasteiger partial charge in [0.2, 0.25) is 0 Å². The summed E-state index contributed by atoms with van der Waals surface area (Å²) in [6.07, 6.45) is 4.35. The quantitative estimate of drug-likeness (QED) is 0.523. The van der Waals surface area contributed by atoms with Crippen LogP contribution in [0.3, 0.4) is 0 Å². The Balaban J connectivity index is 3.97. The number of allylic oxidation sites excluding steroid dienone is 2. The average molecular weight is 212 g/mol. The van der Waals surface area contributed by atoms with E-state index in [-0.39, 0.29) is 6.42 Å². The van der Waals surface area contributed by atoms with Gasteiger partial charge in [0, 0.05) is 6.08 Å². The van der Waals surface area contributed by atoms with Gasteiger partial charge >= 0.3 is 11.9 Å². The second-order valence-corrected chi connectivity index (χ2v) is 3.49. The SMILES string of the molecule is C/C(=C\C(=O)O)CC/C=C(\C)CC(=O)O. The Morgan fingerprint density at radius 2 is 1.73 bits per heavy atom. The van der Waals surface area contributed by atoms with Gasteiger partial charge in [0.1, 0.15) is 0 Å². The maximum absolute atomic E-state index is 10.3. The Morgan fingerprint density at radius 3 is 2.20 bits per heavy atom. The monoisotopic (exact) mass is 212 g/mol. The third-order valence-corrected chi connectivity index (χ3v) is 1.83. The van der Waals surface area contributed by atoms with Crippen molar-refractivity contribution < 1.29 is 19.8 Å². The Kier molecular flexibility index (Phi) is 6.09. The van der Waals surface area contributed by atoms with Crippen LogP contribution in [0.5, 0.6) is 0 Å². The zero-order valence-corrected chi connectivity index (χ0v) is 8.99. The summed E-state index contributed by atoms with van der Waals surface area (Å²) in [6, 6.07) is 0. The van der Waals surface area contributed by atoms with Gasteiger partial charge in [-0.3, -0.25) is 4.79 Å². The molecule has 0 saturated carbocycles. The fourth-order valence-electron chi connectivity index (χ4n) is 1.14. The van der Waals surface area contributed by atoms with Crippen molar-refractivity contribution in [2.45, 2.75) is 33.1 Å². The summed E-state index contributed by atoms with van der Waals surface area (Å²) >= 11 is 0. The summed E-state index contributed by atoms with van der Waals surface area (Å²) in [7, 11) is 0. The zero-order chi connectivity index (χ0) is 11.8. The van der Waals surface area contributed by atoms with Gasteiger partial charge in [0.25, 0.3) is 0 Å². The van der Waals surface area contributed by atoms with Gasteiger partial charge in [-0.05, 0) is 26.7 Å². The molecule has 0 fully saturated rings. The van der Waals surface area contributed by atoms with Crippen molar-refractivity contribution in [1.82, 2.24) is 0 Å². The van der Waals surface area contributed by atoms with Gasteiger partial charge < -0.3 is 10.2 Å². The van der Waals surface area contributed by atoms with Gasteiger partial charge in [-0.25, -0.2) is 4.79 Å². The molecule has 0 spiro atoms. The van der Waals surface area contributed by atoms with E-state index in [0.29, 0.717) is 12.8 Å². The summed E-state index contributed by atoms with van der Waals surface area (Å²) < 4.78 is 0. The van der Waals surface area contributed by atoms with Crippen molar-refractivity contribution in [2.24, 2.45) is 0 Å². The zero-order valence-electron chi connectivity index (χ0n) is 8.99. The number of hydrogen-bond acceptors (Lipinski definition) is 2. The van der Waals surface area contributed by atoms with Crippen molar-refractivity contribution in [3.8, 4) is 0 Å². The molecule has 0 saturated heterocycles. The molecule has 0 rings (SSSR count). The predicted molar refractivity (Wildman–Crippen MR) is 56.6 cm³/mol. The van der Waals surface area contributed by atoms with Crippen molar-refractivity contribution in [3.63, 3.8) is 0 Å². The Hall–Kier alpha value is -1.58. The highest BCUT2D eigenvalue weighted by Crippen LogP contribution is 2.08. The molecule has 0 atom stereocenters. The number of carbonyl (C=O) groups is 2. The van der Waals surface area contributed by atoms with E-state index in [1.165, 1.54) is 6.08 Å². The second kappa shape index (κ2) is 6.81. The third kappa shape index (κ3) is 8.74. The molecule has 0 bridgehead atoms. The van der Waals surface area contributed by atoms with E-state index >= 15 is 0 Å². The highest BCUT2D eigenvalue weighted by Gasteiger charge is 1.98. The van der Waals surface area contributed by atoms with Crippen LogP contribution in [0, 0.1) is 0 Å². The van der Waals surface area contributed by atoms with Gasteiger partial charge in [0.05, 0.1) is 6.42 Å². The Labute approximate surface area is 88.9 Å². The molecule has 15 heavy (non-hydrogen) atoms. The molecule has 0 aliphatic carbocycles. The van der Waals surface area contributed by atoms with Crippen LogP contribution in [0.4, 0.5) is 0 Å². The van der Waals surface area contributed by atoms with Gasteiger partial charge in [-0.15, -0.1) is 0 Å². The Bertz CT molecular complexity index is 300. The van der Waals surface area contributed by atoms with Crippen LogP contribution in [-0.4, -0.2) is 22.2 Å². The van der Waals surface area contributed by atoms with Gasteiger partial charge in [-0.1, -0.05) is 17.2 Å². The Morgan fingerprint density at radius 1 is 1.13 bits per heavy atom. The minimum atomic E-state index is -0.946. The molecule has 2 N–H and O–H groups in total. The smallest absolute Gasteiger partial charge is 0.328 e. The first-order chi connectivity index (χ1) is 6.91. The van der Waals surface area contributed by atoms with Crippen LogP contribution < -0.4 is 0 Å². The molecule has 0 aromatic rings. The number of aliphatic carboxylic acids is 2. The minimum absolute atomic E-state index is 0.0433. The lowest BCUT2D eigenvalue weighted by molar-refractivity contribution is -0.136. The highest BCUT2D eigenvalue weighted by molar-refractivity contribution is 5.80. The molecule has 0 aromatic heterocycles. The molecule has 0 amide bonds. The first-order valence-electron chi connectivity index (χ1n) is 4.69. The molecular formula is C11H16O4. The number of rotatable bonds is 6. The number of carboxylic acids is 2. The maximum atomic E-state index is 10.3. The van der Waals surface area contributed by atoms with Gasteiger partial charge in [0.15, 0.2) is 0 Å².